The normalized spacial score (nSPS) is 22.7. The molecular weight excluding hydrogens is 375 g/mol. The molecule has 8 nitrogen and oxygen atoms in total. The summed E-state index contributed by atoms with van der Waals surface area (Å²) in [6, 6.07) is 9.68. The Balaban J connectivity index is 2.23. The second-order valence-corrected chi connectivity index (χ2v) is 8.80. The van der Waals surface area contributed by atoms with Crippen molar-refractivity contribution in [2.24, 2.45) is 5.92 Å². The van der Waals surface area contributed by atoms with Crippen LogP contribution in [0, 0.1) is 5.92 Å². The Morgan fingerprint density at radius 3 is 2.48 bits per heavy atom. The molecule has 0 bridgehead atoms. The first-order chi connectivity index (χ1) is 13.5. The van der Waals surface area contributed by atoms with Crippen molar-refractivity contribution in [3.05, 3.63) is 35.9 Å². The zero-order valence-corrected chi connectivity index (χ0v) is 17.3. The van der Waals surface area contributed by atoms with Gasteiger partial charge in [0, 0.05) is 19.6 Å². The minimum Gasteiger partial charge on any atom is -0.479 e. The number of aliphatic carboxylic acids is 1. The highest BCUT2D eigenvalue weighted by Crippen LogP contribution is 2.31. The molecule has 4 N–H and O–H groups in total. The molecule has 0 aromatic heterocycles. The molecule has 0 spiro atoms. The summed E-state index contributed by atoms with van der Waals surface area (Å²) in [6.07, 6.45) is 0.00178. The van der Waals surface area contributed by atoms with Crippen LogP contribution in [0.25, 0.3) is 0 Å². The van der Waals surface area contributed by atoms with Gasteiger partial charge < -0.3 is 25.2 Å². The number of carboxylic acids is 1. The molecule has 2 atom stereocenters. The van der Waals surface area contributed by atoms with Gasteiger partial charge in [-0.1, -0.05) is 36.8 Å². The molecule has 1 aliphatic rings. The SMILES string of the molecule is CC(C)(C)OC(=O)N[C@@]1(C(=O)O)C[C@@H](CCB(O)O)CN(Cc2ccccc2)C1. The molecule has 9 heteroatoms. The Labute approximate surface area is 172 Å². The van der Waals surface area contributed by atoms with Crippen LogP contribution in [0.3, 0.4) is 0 Å². The van der Waals surface area contributed by atoms with Crippen molar-refractivity contribution in [1.29, 1.82) is 0 Å². The van der Waals surface area contributed by atoms with E-state index in [0.717, 1.165) is 5.56 Å². The molecule has 1 aliphatic heterocycles. The number of hydrogen-bond donors (Lipinski definition) is 4. The third-order valence-electron chi connectivity index (χ3n) is 4.88. The number of benzene rings is 1. The van der Waals surface area contributed by atoms with Crippen molar-refractivity contribution in [1.82, 2.24) is 10.2 Å². The van der Waals surface area contributed by atoms with E-state index < -0.39 is 30.3 Å². The van der Waals surface area contributed by atoms with Crippen LogP contribution in [0.5, 0.6) is 0 Å². The van der Waals surface area contributed by atoms with Crippen molar-refractivity contribution in [3.63, 3.8) is 0 Å². The van der Waals surface area contributed by atoms with Crippen LogP contribution in [0.4, 0.5) is 4.79 Å². The molecular formula is C20H31BN2O6. The molecule has 1 amide bonds. The van der Waals surface area contributed by atoms with E-state index in [1.165, 1.54) is 0 Å². The molecule has 1 saturated heterocycles. The highest BCUT2D eigenvalue weighted by molar-refractivity contribution is 6.40. The van der Waals surface area contributed by atoms with Gasteiger partial charge in [-0.05, 0) is 45.0 Å². The van der Waals surface area contributed by atoms with Crippen LogP contribution in [0.15, 0.2) is 30.3 Å². The van der Waals surface area contributed by atoms with Crippen LogP contribution >= 0.6 is 0 Å². The lowest BCUT2D eigenvalue weighted by Gasteiger charge is -2.44. The van der Waals surface area contributed by atoms with Gasteiger partial charge in [-0.2, -0.15) is 0 Å². The molecule has 160 valence electrons. The van der Waals surface area contributed by atoms with E-state index in [-0.39, 0.29) is 25.2 Å². The number of carbonyl (C=O) groups excluding carboxylic acids is 1. The third kappa shape index (κ3) is 7.34. The lowest BCUT2D eigenvalue weighted by atomic mass is 9.75. The second kappa shape index (κ2) is 9.60. The topological polar surface area (TPSA) is 119 Å². The Hall–Kier alpha value is -2.10. The summed E-state index contributed by atoms with van der Waals surface area (Å²) in [5.41, 5.74) is -1.23. The summed E-state index contributed by atoms with van der Waals surface area (Å²) in [7, 11) is -1.45. The van der Waals surface area contributed by atoms with Crippen molar-refractivity contribution in [2.75, 3.05) is 13.1 Å². The van der Waals surface area contributed by atoms with Gasteiger partial charge in [0.15, 0.2) is 5.54 Å². The molecule has 0 unspecified atom stereocenters. The first kappa shape index (κ1) is 23.2. The molecule has 1 fully saturated rings. The monoisotopic (exact) mass is 406 g/mol. The molecule has 0 aliphatic carbocycles. The summed E-state index contributed by atoms with van der Waals surface area (Å²) in [5.74, 6) is -1.25. The van der Waals surface area contributed by atoms with E-state index >= 15 is 0 Å². The van der Waals surface area contributed by atoms with E-state index in [0.29, 0.717) is 19.5 Å². The van der Waals surface area contributed by atoms with Crippen LogP contribution in [0.1, 0.15) is 39.2 Å². The number of alkyl carbamates (subject to hydrolysis) is 1. The van der Waals surface area contributed by atoms with Crippen molar-refractivity contribution >= 4 is 19.2 Å². The van der Waals surface area contributed by atoms with Crippen LogP contribution in [-0.4, -0.2) is 63.5 Å². The quantitative estimate of drug-likeness (QED) is 0.509. The molecule has 0 radical (unpaired) electrons. The number of amides is 1. The lowest BCUT2D eigenvalue weighted by molar-refractivity contribution is -0.148. The van der Waals surface area contributed by atoms with Crippen molar-refractivity contribution < 1.29 is 29.5 Å². The maximum Gasteiger partial charge on any atom is 0.451 e. The number of hydrogen-bond acceptors (Lipinski definition) is 6. The van der Waals surface area contributed by atoms with E-state index in [1.54, 1.807) is 20.8 Å². The molecule has 0 saturated carbocycles. The Morgan fingerprint density at radius 1 is 1.28 bits per heavy atom. The highest BCUT2D eigenvalue weighted by Gasteiger charge is 2.47. The predicted octanol–water partition coefficient (Wildman–Crippen LogP) is 1.72. The van der Waals surface area contributed by atoms with Gasteiger partial charge in [0.05, 0.1) is 0 Å². The predicted molar refractivity (Wildman–Crippen MR) is 109 cm³/mol. The maximum absolute atomic E-state index is 12.4. The number of piperidine rings is 1. The lowest BCUT2D eigenvalue weighted by Crippen LogP contribution is -2.65. The molecule has 2 rings (SSSR count). The molecule has 29 heavy (non-hydrogen) atoms. The maximum atomic E-state index is 12.4. The van der Waals surface area contributed by atoms with Gasteiger partial charge in [0.1, 0.15) is 5.60 Å². The smallest absolute Gasteiger partial charge is 0.451 e. The fourth-order valence-corrected chi connectivity index (χ4v) is 3.77. The number of ether oxygens (including phenoxy) is 1. The first-order valence-electron chi connectivity index (χ1n) is 9.86. The first-order valence-corrected chi connectivity index (χ1v) is 9.86. The minimum absolute atomic E-state index is 0.125. The standard InChI is InChI=1S/C20H31BN2O6/c1-19(2,3)29-18(26)22-20(17(24)25)11-16(9-10-21(27)28)13-23(14-20)12-15-7-5-4-6-8-15/h4-8,16,27-28H,9-14H2,1-3H3,(H,22,26)(H,24,25)/t16-,20+/m1/s1. The average Bonchev–Trinajstić information content (AvgIpc) is 2.58. The number of nitrogens with one attached hydrogen (secondary N) is 1. The summed E-state index contributed by atoms with van der Waals surface area (Å²) < 4.78 is 5.29. The van der Waals surface area contributed by atoms with Crippen molar-refractivity contribution in [2.45, 2.75) is 57.6 Å². The van der Waals surface area contributed by atoms with Gasteiger partial charge in [0.2, 0.25) is 0 Å². The fourth-order valence-electron chi connectivity index (χ4n) is 3.77. The minimum atomic E-state index is -1.51. The van der Waals surface area contributed by atoms with Crippen LogP contribution < -0.4 is 5.32 Å². The number of rotatable bonds is 7. The largest absolute Gasteiger partial charge is 0.479 e. The second-order valence-electron chi connectivity index (χ2n) is 8.80. The Bertz CT molecular complexity index is 694. The highest BCUT2D eigenvalue weighted by atomic mass is 16.6. The van der Waals surface area contributed by atoms with E-state index in [4.69, 9.17) is 4.74 Å². The summed E-state index contributed by atoms with van der Waals surface area (Å²) in [5, 5.41) is 31.1. The van der Waals surface area contributed by atoms with Gasteiger partial charge in [-0.25, -0.2) is 9.59 Å². The number of carboxylic acid groups (broad SMARTS) is 1. The summed E-state index contributed by atoms with van der Waals surface area (Å²) in [4.78, 5) is 26.6. The summed E-state index contributed by atoms with van der Waals surface area (Å²) >= 11 is 0. The van der Waals surface area contributed by atoms with E-state index in [9.17, 15) is 24.7 Å². The number of carbonyl (C=O) groups is 2. The Morgan fingerprint density at radius 2 is 1.93 bits per heavy atom. The van der Waals surface area contributed by atoms with E-state index in [1.807, 2.05) is 35.2 Å². The number of nitrogens with zero attached hydrogens (tertiary/aromatic N) is 1. The molecule has 1 aromatic rings. The Kier molecular flexibility index (Phi) is 7.68. The summed E-state index contributed by atoms with van der Waals surface area (Å²) in [6.45, 7) is 6.42. The fraction of sp³-hybridized carbons (Fsp3) is 0.600. The van der Waals surface area contributed by atoms with Crippen LogP contribution in [0.2, 0.25) is 6.32 Å². The number of likely N-dealkylation sites (tertiary alicyclic amines) is 1. The third-order valence-corrected chi connectivity index (χ3v) is 4.88. The molecule has 1 heterocycles. The zero-order valence-electron chi connectivity index (χ0n) is 17.3. The average molecular weight is 406 g/mol. The van der Waals surface area contributed by atoms with E-state index in [2.05, 4.69) is 5.32 Å². The van der Waals surface area contributed by atoms with Gasteiger partial charge >= 0.3 is 19.2 Å². The van der Waals surface area contributed by atoms with Gasteiger partial charge in [0.25, 0.3) is 0 Å². The zero-order chi connectivity index (χ0) is 21.7. The van der Waals surface area contributed by atoms with Gasteiger partial charge in [-0.3, -0.25) is 4.90 Å². The van der Waals surface area contributed by atoms with Gasteiger partial charge in [-0.15, -0.1) is 0 Å². The molecule has 1 aromatic carbocycles. The van der Waals surface area contributed by atoms with Crippen LogP contribution in [-0.2, 0) is 16.1 Å². The van der Waals surface area contributed by atoms with Crippen molar-refractivity contribution in [3.8, 4) is 0 Å².